The van der Waals surface area contributed by atoms with Gasteiger partial charge in [0.1, 0.15) is 12.4 Å². The summed E-state index contributed by atoms with van der Waals surface area (Å²) in [6.45, 7) is -0.0286. The molecule has 1 unspecified atom stereocenters. The predicted octanol–water partition coefficient (Wildman–Crippen LogP) is 4.16. The molecule has 0 amide bonds. The topological polar surface area (TPSA) is 107 Å². The largest absolute Gasteiger partial charge is 0.461 e. The van der Waals surface area contributed by atoms with Gasteiger partial charge >= 0.3 is 5.97 Å². The number of nitrogens with zero attached hydrogens (tertiary/aromatic N) is 2. The van der Waals surface area contributed by atoms with Crippen molar-refractivity contribution in [2.24, 2.45) is 0 Å². The SMILES string of the molecule is O=C(CC1c2ccccc2CCN1S(=O)(=O)c1ccc(F)cc1)OCc1cccc([N+](=O)[O-])c1. The molecule has 0 aliphatic carbocycles. The van der Waals surface area contributed by atoms with E-state index >= 15 is 0 Å². The van der Waals surface area contributed by atoms with E-state index in [4.69, 9.17) is 4.74 Å². The van der Waals surface area contributed by atoms with Crippen LogP contribution in [-0.2, 0) is 32.6 Å². The van der Waals surface area contributed by atoms with Gasteiger partial charge in [-0.3, -0.25) is 14.9 Å². The predicted molar refractivity (Wildman–Crippen MR) is 121 cm³/mol. The van der Waals surface area contributed by atoms with Gasteiger partial charge in [-0.05, 0) is 47.4 Å². The van der Waals surface area contributed by atoms with E-state index in [1.54, 1.807) is 18.2 Å². The van der Waals surface area contributed by atoms with Crippen LogP contribution in [0, 0.1) is 15.9 Å². The Morgan fingerprint density at radius 3 is 2.56 bits per heavy atom. The molecule has 0 bridgehead atoms. The van der Waals surface area contributed by atoms with Crippen LogP contribution in [-0.4, -0.2) is 30.2 Å². The molecule has 3 aromatic rings. The average molecular weight is 485 g/mol. The first kappa shape index (κ1) is 23.5. The highest BCUT2D eigenvalue weighted by atomic mass is 32.2. The highest BCUT2D eigenvalue weighted by Crippen LogP contribution is 2.36. The molecule has 10 heteroatoms. The highest BCUT2D eigenvalue weighted by Gasteiger charge is 2.37. The van der Waals surface area contributed by atoms with Crippen LogP contribution >= 0.6 is 0 Å². The molecule has 0 N–H and O–H groups in total. The molecule has 0 fully saturated rings. The number of fused-ring (bicyclic) bond motifs is 1. The summed E-state index contributed by atoms with van der Waals surface area (Å²) in [5.74, 6) is -1.20. The number of carbonyl (C=O) groups excluding carboxylic acids is 1. The van der Waals surface area contributed by atoms with Crippen molar-refractivity contribution in [2.75, 3.05) is 6.54 Å². The summed E-state index contributed by atoms with van der Waals surface area (Å²) in [5, 5.41) is 11.0. The lowest BCUT2D eigenvalue weighted by Gasteiger charge is -2.36. The van der Waals surface area contributed by atoms with Crippen LogP contribution in [0.25, 0.3) is 0 Å². The summed E-state index contributed by atoms with van der Waals surface area (Å²) in [6, 6.07) is 16.8. The van der Waals surface area contributed by atoms with E-state index in [0.29, 0.717) is 17.5 Å². The standard InChI is InChI=1S/C24H21FN2O6S/c25-19-8-10-21(11-9-19)34(31,32)26-13-12-18-5-1-2-7-22(18)23(26)15-24(28)33-16-17-4-3-6-20(14-17)27(29)30/h1-11,14,23H,12-13,15-16H2. The molecule has 34 heavy (non-hydrogen) atoms. The van der Waals surface area contributed by atoms with Crippen LogP contribution in [0.1, 0.15) is 29.2 Å². The Balaban J connectivity index is 1.57. The summed E-state index contributed by atoms with van der Waals surface area (Å²) >= 11 is 0. The first-order chi connectivity index (χ1) is 16.3. The van der Waals surface area contributed by atoms with E-state index in [-0.39, 0.29) is 30.2 Å². The lowest BCUT2D eigenvalue weighted by molar-refractivity contribution is -0.384. The Bertz CT molecular complexity index is 1330. The number of sulfonamides is 1. The fourth-order valence-electron chi connectivity index (χ4n) is 4.01. The molecular weight excluding hydrogens is 463 g/mol. The van der Waals surface area contributed by atoms with Gasteiger partial charge in [-0.1, -0.05) is 36.4 Å². The monoisotopic (exact) mass is 484 g/mol. The van der Waals surface area contributed by atoms with Crippen molar-refractivity contribution in [1.29, 1.82) is 0 Å². The number of benzene rings is 3. The van der Waals surface area contributed by atoms with Crippen LogP contribution in [0.5, 0.6) is 0 Å². The molecule has 0 spiro atoms. The molecule has 3 aromatic carbocycles. The molecule has 0 aromatic heterocycles. The molecule has 0 saturated heterocycles. The third-order valence-corrected chi connectivity index (χ3v) is 7.59. The Labute approximate surface area is 195 Å². The fraction of sp³-hybridized carbons (Fsp3) is 0.208. The molecule has 1 aliphatic rings. The van der Waals surface area contributed by atoms with Gasteiger partial charge in [0.05, 0.1) is 22.3 Å². The van der Waals surface area contributed by atoms with Gasteiger partial charge in [0.2, 0.25) is 10.0 Å². The number of nitro benzene ring substituents is 1. The third kappa shape index (κ3) is 4.97. The Hall–Kier alpha value is -3.63. The van der Waals surface area contributed by atoms with Crippen LogP contribution < -0.4 is 0 Å². The first-order valence-corrected chi connectivity index (χ1v) is 11.9. The quantitative estimate of drug-likeness (QED) is 0.283. The van der Waals surface area contributed by atoms with Gasteiger partial charge in [-0.25, -0.2) is 12.8 Å². The van der Waals surface area contributed by atoms with Crippen molar-refractivity contribution < 1.29 is 27.3 Å². The van der Waals surface area contributed by atoms with E-state index in [1.165, 1.54) is 34.6 Å². The second-order valence-corrected chi connectivity index (χ2v) is 9.72. The molecule has 1 heterocycles. The van der Waals surface area contributed by atoms with Gasteiger partial charge < -0.3 is 4.74 Å². The zero-order valence-corrected chi connectivity index (χ0v) is 18.8. The van der Waals surface area contributed by atoms with Gasteiger partial charge in [-0.2, -0.15) is 4.31 Å². The van der Waals surface area contributed by atoms with Gasteiger partial charge in [-0.15, -0.1) is 0 Å². The zero-order chi connectivity index (χ0) is 24.3. The van der Waals surface area contributed by atoms with E-state index < -0.39 is 32.8 Å². The minimum Gasteiger partial charge on any atom is -0.461 e. The summed E-state index contributed by atoms with van der Waals surface area (Å²) in [5.41, 5.74) is 1.96. The minimum absolute atomic E-state index is 0.0664. The normalized spacial score (nSPS) is 16.0. The van der Waals surface area contributed by atoms with Crippen LogP contribution in [0.15, 0.2) is 77.7 Å². The van der Waals surface area contributed by atoms with Gasteiger partial charge in [0, 0.05) is 18.7 Å². The van der Waals surface area contributed by atoms with Crippen molar-refractivity contribution in [3.8, 4) is 0 Å². The van der Waals surface area contributed by atoms with Crippen LogP contribution in [0.3, 0.4) is 0 Å². The molecule has 0 radical (unpaired) electrons. The summed E-state index contributed by atoms with van der Waals surface area (Å²) in [4.78, 5) is 23.1. The zero-order valence-electron chi connectivity index (χ0n) is 18.0. The number of rotatable bonds is 7. The molecule has 4 rings (SSSR count). The summed E-state index contributed by atoms with van der Waals surface area (Å²) < 4.78 is 46.7. The van der Waals surface area contributed by atoms with Crippen molar-refractivity contribution in [2.45, 2.75) is 30.4 Å². The number of nitro groups is 1. The first-order valence-electron chi connectivity index (χ1n) is 10.5. The Morgan fingerprint density at radius 2 is 1.82 bits per heavy atom. The fourth-order valence-corrected chi connectivity index (χ4v) is 5.62. The highest BCUT2D eigenvalue weighted by molar-refractivity contribution is 7.89. The molecule has 1 atom stereocenters. The van der Waals surface area contributed by atoms with Crippen molar-refractivity contribution in [3.05, 3.63) is 105 Å². The number of ether oxygens (including phenoxy) is 1. The second kappa shape index (κ2) is 9.70. The van der Waals surface area contributed by atoms with Crippen LogP contribution in [0.4, 0.5) is 10.1 Å². The van der Waals surface area contributed by atoms with Crippen molar-refractivity contribution >= 4 is 21.7 Å². The number of non-ortho nitro benzene ring substituents is 1. The number of carbonyl (C=O) groups is 1. The second-order valence-electron chi connectivity index (χ2n) is 7.83. The number of esters is 1. The van der Waals surface area contributed by atoms with E-state index in [9.17, 15) is 27.7 Å². The Kier molecular flexibility index (Phi) is 6.71. The van der Waals surface area contributed by atoms with Crippen molar-refractivity contribution in [3.63, 3.8) is 0 Å². The molecule has 176 valence electrons. The average Bonchev–Trinajstić information content (AvgIpc) is 2.83. The maximum Gasteiger partial charge on any atom is 0.308 e. The molecule has 1 aliphatic heterocycles. The number of hydrogen-bond acceptors (Lipinski definition) is 6. The van der Waals surface area contributed by atoms with Crippen molar-refractivity contribution in [1.82, 2.24) is 4.31 Å². The van der Waals surface area contributed by atoms with E-state index in [2.05, 4.69) is 0 Å². The molecule has 8 nitrogen and oxygen atoms in total. The minimum atomic E-state index is -4.01. The molecular formula is C24H21FN2O6S. The van der Waals surface area contributed by atoms with Gasteiger partial charge in [0.15, 0.2) is 0 Å². The van der Waals surface area contributed by atoms with Crippen LogP contribution in [0.2, 0.25) is 0 Å². The Morgan fingerprint density at radius 1 is 1.09 bits per heavy atom. The number of halogens is 1. The maximum atomic E-state index is 13.4. The van der Waals surface area contributed by atoms with Gasteiger partial charge in [0.25, 0.3) is 5.69 Å². The summed E-state index contributed by atoms with van der Waals surface area (Å²) in [6.07, 6.45) is 0.224. The number of hydrogen-bond donors (Lipinski definition) is 0. The molecule has 0 saturated carbocycles. The van der Waals surface area contributed by atoms with E-state index in [1.807, 2.05) is 12.1 Å². The summed E-state index contributed by atoms with van der Waals surface area (Å²) in [7, 11) is -4.01. The maximum absolute atomic E-state index is 13.4. The lowest BCUT2D eigenvalue weighted by Crippen LogP contribution is -2.41. The smallest absolute Gasteiger partial charge is 0.308 e. The third-order valence-electron chi connectivity index (χ3n) is 5.66. The lowest BCUT2D eigenvalue weighted by atomic mass is 9.92. The van der Waals surface area contributed by atoms with E-state index in [0.717, 1.165) is 17.7 Å².